The van der Waals surface area contributed by atoms with Gasteiger partial charge in [-0.3, -0.25) is 0 Å². The van der Waals surface area contributed by atoms with Gasteiger partial charge in [0.05, 0.1) is 0 Å². The van der Waals surface area contributed by atoms with Crippen molar-refractivity contribution in [1.29, 1.82) is 0 Å². The molecule has 0 N–H and O–H groups in total. The van der Waals surface area contributed by atoms with Crippen molar-refractivity contribution in [3.63, 3.8) is 0 Å². The Bertz CT molecular complexity index is 321. The van der Waals surface area contributed by atoms with Crippen LogP contribution in [0, 0.1) is 53.3 Å². The third-order valence-electron chi connectivity index (χ3n) is 6.58. The summed E-state index contributed by atoms with van der Waals surface area (Å²) in [6, 6.07) is 0. The fourth-order valence-corrected chi connectivity index (χ4v) is 6.40. The molecule has 0 aromatic carbocycles. The quantitative estimate of drug-likeness (QED) is 0.244. The minimum atomic E-state index is 0.844. The van der Waals surface area contributed by atoms with Crippen molar-refractivity contribution in [2.24, 2.45) is 53.3 Å². The Morgan fingerprint density at radius 3 is 0.536 bits per heavy atom. The molecule has 0 nitrogen and oxygen atoms in total. The third-order valence-corrected chi connectivity index (χ3v) is 6.58. The molecule has 0 aliphatic rings. The standard InChI is InChI=1S/C28H58/c1-20(2)12-22(5)14-24(7)16-26(9)18-28(11)19-27(10)17-25(8)15-23(6)13-21(3)4/h20-28H,12-19H2,1-11H3. The van der Waals surface area contributed by atoms with E-state index in [0.29, 0.717) is 0 Å². The highest BCUT2D eigenvalue weighted by molar-refractivity contribution is 4.70. The molecule has 28 heavy (non-hydrogen) atoms. The summed E-state index contributed by atoms with van der Waals surface area (Å²) in [6.45, 7) is 26.8. The Labute approximate surface area is 181 Å². The lowest BCUT2D eigenvalue weighted by Crippen LogP contribution is -2.14. The molecule has 0 spiro atoms. The summed E-state index contributed by atoms with van der Waals surface area (Å²) in [5.74, 6) is 7.88. The number of hydrogen-bond acceptors (Lipinski definition) is 0. The molecule has 0 amide bonds. The predicted octanol–water partition coefficient (Wildman–Crippen LogP) is 9.87. The van der Waals surface area contributed by atoms with Gasteiger partial charge in [-0.15, -0.1) is 0 Å². The molecule has 0 aliphatic heterocycles. The van der Waals surface area contributed by atoms with E-state index in [1.807, 2.05) is 0 Å². The van der Waals surface area contributed by atoms with Gasteiger partial charge in [0.25, 0.3) is 0 Å². The van der Waals surface area contributed by atoms with Gasteiger partial charge >= 0.3 is 0 Å². The molecule has 0 aliphatic carbocycles. The lowest BCUT2D eigenvalue weighted by Gasteiger charge is -2.26. The van der Waals surface area contributed by atoms with E-state index in [1.54, 1.807) is 0 Å². The summed E-state index contributed by atoms with van der Waals surface area (Å²) < 4.78 is 0. The van der Waals surface area contributed by atoms with Crippen LogP contribution in [0.3, 0.4) is 0 Å². The second-order valence-corrected chi connectivity index (χ2v) is 12.4. The van der Waals surface area contributed by atoms with Crippen molar-refractivity contribution in [3.05, 3.63) is 0 Å². The molecule has 0 aromatic heterocycles. The Morgan fingerprint density at radius 1 is 0.250 bits per heavy atom. The van der Waals surface area contributed by atoms with Crippen LogP contribution in [0.1, 0.15) is 128 Å². The highest BCUT2D eigenvalue weighted by Crippen LogP contribution is 2.31. The largest absolute Gasteiger partial charge is 0.0628 e. The van der Waals surface area contributed by atoms with E-state index in [-0.39, 0.29) is 0 Å². The molecule has 6 unspecified atom stereocenters. The SMILES string of the molecule is CC(C)CC(C)CC(C)CC(C)CC(C)CC(C)CC(C)CC(C)CC(C)C. The Morgan fingerprint density at radius 2 is 0.393 bits per heavy atom. The van der Waals surface area contributed by atoms with Crippen molar-refractivity contribution in [2.75, 3.05) is 0 Å². The molecule has 0 fully saturated rings. The molecule has 0 aromatic rings. The van der Waals surface area contributed by atoms with Crippen LogP contribution in [0.25, 0.3) is 0 Å². The van der Waals surface area contributed by atoms with E-state index in [1.165, 1.54) is 51.4 Å². The first-order valence-corrected chi connectivity index (χ1v) is 12.9. The minimum absolute atomic E-state index is 0.844. The van der Waals surface area contributed by atoms with Crippen LogP contribution in [0.2, 0.25) is 0 Å². The van der Waals surface area contributed by atoms with Crippen LogP contribution in [0.4, 0.5) is 0 Å². The van der Waals surface area contributed by atoms with E-state index < -0.39 is 0 Å². The maximum atomic E-state index is 2.51. The zero-order chi connectivity index (χ0) is 21.9. The normalized spacial score (nSPS) is 20.0. The first-order chi connectivity index (χ1) is 12.9. The molecule has 0 bridgehead atoms. The van der Waals surface area contributed by atoms with Crippen LogP contribution in [0.5, 0.6) is 0 Å². The third kappa shape index (κ3) is 15.9. The van der Waals surface area contributed by atoms with Gasteiger partial charge in [-0.25, -0.2) is 0 Å². The summed E-state index contributed by atoms with van der Waals surface area (Å²) in [6.07, 6.45) is 11.3. The second-order valence-electron chi connectivity index (χ2n) is 12.4. The van der Waals surface area contributed by atoms with E-state index in [0.717, 1.165) is 53.3 Å². The van der Waals surface area contributed by atoms with E-state index in [9.17, 15) is 0 Å². The molecule has 0 saturated heterocycles. The smallest absolute Gasteiger partial charge is 0.0438 e. The van der Waals surface area contributed by atoms with Crippen molar-refractivity contribution in [1.82, 2.24) is 0 Å². The highest BCUT2D eigenvalue weighted by Gasteiger charge is 2.19. The number of rotatable bonds is 16. The van der Waals surface area contributed by atoms with Crippen molar-refractivity contribution in [3.8, 4) is 0 Å². The van der Waals surface area contributed by atoms with Crippen LogP contribution < -0.4 is 0 Å². The van der Waals surface area contributed by atoms with Gasteiger partial charge < -0.3 is 0 Å². The lowest BCUT2D eigenvalue weighted by atomic mass is 9.80. The lowest BCUT2D eigenvalue weighted by molar-refractivity contribution is 0.255. The summed E-state index contributed by atoms with van der Waals surface area (Å²) in [4.78, 5) is 0. The first kappa shape index (κ1) is 28.0. The minimum Gasteiger partial charge on any atom is -0.0628 e. The van der Waals surface area contributed by atoms with Gasteiger partial charge in [0.2, 0.25) is 0 Å². The van der Waals surface area contributed by atoms with E-state index in [2.05, 4.69) is 76.2 Å². The maximum Gasteiger partial charge on any atom is -0.0438 e. The van der Waals surface area contributed by atoms with E-state index in [4.69, 9.17) is 0 Å². The zero-order valence-electron chi connectivity index (χ0n) is 21.9. The van der Waals surface area contributed by atoms with Crippen LogP contribution >= 0.6 is 0 Å². The number of hydrogen-bond donors (Lipinski definition) is 0. The van der Waals surface area contributed by atoms with Gasteiger partial charge in [0, 0.05) is 0 Å². The molecular weight excluding hydrogens is 336 g/mol. The average Bonchev–Trinajstić information content (AvgIpc) is 2.42. The van der Waals surface area contributed by atoms with Gasteiger partial charge in [0.1, 0.15) is 0 Å². The van der Waals surface area contributed by atoms with Crippen molar-refractivity contribution < 1.29 is 0 Å². The monoisotopic (exact) mass is 394 g/mol. The Balaban J connectivity index is 4.11. The van der Waals surface area contributed by atoms with E-state index >= 15 is 0 Å². The summed E-state index contributed by atoms with van der Waals surface area (Å²) >= 11 is 0. The molecule has 0 rings (SSSR count). The van der Waals surface area contributed by atoms with Gasteiger partial charge in [0.15, 0.2) is 0 Å². The predicted molar refractivity (Wildman–Crippen MR) is 131 cm³/mol. The second kappa shape index (κ2) is 14.9. The molecule has 0 saturated carbocycles. The van der Waals surface area contributed by atoms with Crippen molar-refractivity contribution in [2.45, 2.75) is 128 Å². The summed E-state index contributed by atoms with van der Waals surface area (Å²) in [5, 5.41) is 0. The van der Waals surface area contributed by atoms with Crippen LogP contribution in [-0.2, 0) is 0 Å². The summed E-state index contributed by atoms with van der Waals surface area (Å²) in [7, 11) is 0. The van der Waals surface area contributed by atoms with Crippen LogP contribution in [-0.4, -0.2) is 0 Å². The topological polar surface area (TPSA) is 0 Å². The van der Waals surface area contributed by atoms with Gasteiger partial charge in [-0.1, -0.05) is 76.2 Å². The van der Waals surface area contributed by atoms with Crippen molar-refractivity contribution >= 4 is 0 Å². The molecule has 0 radical (unpaired) electrons. The molecule has 0 heterocycles. The maximum absolute atomic E-state index is 2.51. The average molecular weight is 395 g/mol. The first-order valence-electron chi connectivity index (χ1n) is 12.9. The van der Waals surface area contributed by atoms with Gasteiger partial charge in [-0.05, 0) is 105 Å². The Kier molecular flexibility index (Phi) is 14.9. The zero-order valence-corrected chi connectivity index (χ0v) is 21.9. The molecule has 170 valence electrons. The fourth-order valence-electron chi connectivity index (χ4n) is 6.40. The molecule has 0 heteroatoms. The molecular formula is C28H58. The van der Waals surface area contributed by atoms with Crippen LogP contribution in [0.15, 0.2) is 0 Å². The highest BCUT2D eigenvalue weighted by atomic mass is 14.2. The summed E-state index contributed by atoms with van der Waals surface area (Å²) in [5.41, 5.74) is 0. The molecule has 6 atom stereocenters. The Hall–Kier alpha value is 0. The van der Waals surface area contributed by atoms with Gasteiger partial charge in [-0.2, -0.15) is 0 Å². The fraction of sp³-hybridized carbons (Fsp3) is 1.00.